The fourth-order valence-electron chi connectivity index (χ4n) is 5.30. The van der Waals surface area contributed by atoms with Gasteiger partial charge >= 0.3 is 0 Å². The second kappa shape index (κ2) is 7.65. The molecule has 1 aliphatic heterocycles. The number of ether oxygens (including phenoxy) is 2. The Kier molecular flexibility index (Phi) is 4.83. The summed E-state index contributed by atoms with van der Waals surface area (Å²) >= 11 is 3.42. The molecule has 4 atom stereocenters. The zero-order chi connectivity index (χ0) is 22.7. The topological polar surface area (TPSA) is 108 Å². The van der Waals surface area contributed by atoms with E-state index < -0.39 is 5.60 Å². The van der Waals surface area contributed by atoms with Crippen molar-refractivity contribution in [3.8, 4) is 5.75 Å². The van der Waals surface area contributed by atoms with Crippen molar-refractivity contribution in [2.75, 3.05) is 12.3 Å². The maximum Gasteiger partial charge on any atom is 0.143 e. The van der Waals surface area contributed by atoms with Crippen LogP contribution in [0.3, 0.4) is 0 Å². The van der Waals surface area contributed by atoms with E-state index in [1.165, 1.54) is 0 Å². The maximum atomic E-state index is 11.6. The highest BCUT2D eigenvalue weighted by molar-refractivity contribution is 9.10. The number of pyridine rings is 1. The lowest BCUT2D eigenvalue weighted by Gasteiger charge is -2.28. The third kappa shape index (κ3) is 3.46. The number of aromatic nitrogens is 4. The third-order valence-corrected chi connectivity index (χ3v) is 7.63. The molecular weight excluding hydrogens is 486 g/mol. The van der Waals surface area contributed by atoms with E-state index in [-0.39, 0.29) is 24.7 Å². The molecule has 1 aliphatic carbocycles. The molecular formula is C24H24BrN5O3. The molecule has 0 amide bonds. The highest BCUT2D eigenvalue weighted by Crippen LogP contribution is 2.45. The van der Waals surface area contributed by atoms with Crippen LogP contribution in [0.15, 0.2) is 47.3 Å². The fourth-order valence-corrected chi connectivity index (χ4v) is 5.64. The summed E-state index contributed by atoms with van der Waals surface area (Å²) < 4.78 is 15.2. The average Bonchev–Trinajstić information content (AvgIpc) is 3.47. The van der Waals surface area contributed by atoms with Gasteiger partial charge in [0.25, 0.3) is 0 Å². The second-order valence-electron chi connectivity index (χ2n) is 9.07. The Morgan fingerprint density at radius 1 is 1.27 bits per heavy atom. The summed E-state index contributed by atoms with van der Waals surface area (Å²) in [5, 5.41) is 13.6. The number of nitrogens with zero attached hydrogens (tertiary/aromatic N) is 4. The number of anilines is 1. The molecule has 2 aliphatic rings. The minimum Gasteiger partial charge on any atom is -0.488 e. The molecule has 1 saturated heterocycles. The molecule has 170 valence electrons. The summed E-state index contributed by atoms with van der Waals surface area (Å²) in [6.07, 6.45) is 4.90. The molecule has 1 saturated carbocycles. The van der Waals surface area contributed by atoms with E-state index in [1.54, 1.807) is 6.33 Å². The predicted octanol–water partition coefficient (Wildman–Crippen LogP) is 3.62. The first-order valence-electron chi connectivity index (χ1n) is 11.0. The lowest BCUT2D eigenvalue weighted by molar-refractivity contribution is -0.0200. The molecule has 3 N–H and O–H groups in total. The van der Waals surface area contributed by atoms with Gasteiger partial charge < -0.3 is 24.9 Å². The quantitative estimate of drug-likeness (QED) is 0.432. The van der Waals surface area contributed by atoms with Crippen LogP contribution in [-0.4, -0.2) is 49.0 Å². The monoisotopic (exact) mass is 509 g/mol. The summed E-state index contributed by atoms with van der Waals surface area (Å²) in [7, 11) is 0. The van der Waals surface area contributed by atoms with Crippen molar-refractivity contribution in [3.05, 3.63) is 53.0 Å². The zero-order valence-corrected chi connectivity index (χ0v) is 19.7. The summed E-state index contributed by atoms with van der Waals surface area (Å²) in [6.45, 7) is 2.66. The number of halogens is 1. The number of aryl methyl sites for hydroxylation is 1. The van der Waals surface area contributed by atoms with Crippen LogP contribution in [0, 0.1) is 12.8 Å². The third-order valence-electron chi connectivity index (χ3n) is 7.00. The Bertz CT molecular complexity index is 1380. The van der Waals surface area contributed by atoms with E-state index in [2.05, 4.69) is 30.9 Å². The number of nitrogens with two attached hydrogens (primary N) is 1. The van der Waals surface area contributed by atoms with Crippen molar-refractivity contribution >= 4 is 43.7 Å². The fraction of sp³-hybridized carbons (Fsp3) is 0.375. The van der Waals surface area contributed by atoms with Gasteiger partial charge in [0.15, 0.2) is 0 Å². The maximum absolute atomic E-state index is 11.6. The summed E-state index contributed by atoms with van der Waals surface area (Å²) in [5.74, 6) is 1.17. The molecule has 33 heavy (non-hydrogen) atoms. The van der Waals surface area contributed by atoms with Crippen molar-refractivity contribution in [1.29, 1.82) is 0 Å². The van der Waals surface area contributed by atoms with Gasteiger partial charge in [-0.15, -0.1) is 0 Å². The van der Waals surface area contributed by atoms with Crippen LogP contribution >= 0.6 is 15.9 Å². The Hall–Kier alpha value is -2.75. The number of aliphatic hydroxyl groups is 1. The summed E-state index contributed by atoms with van der Waals surface area (Å²) in [4.78, 5) is 13.1. The van der Waals surface area contributed by atoms with Crippen molar-refractivity contribution in [2.45, 2.75) is 44.1 Å². The zero-order valence-electron chi connectivity index (χ0n) is 18.1. The standard InChI is InChI=1S/C24H24BrN5O3/c1-13-16-6-7-30(23(16)28-12-27-13)10-24(31)11-32-21-17(24)4-5-20(21)33-15-3-2-14-8-18(25)22(26)29-19(14)9-15/h2-3,6-9,12,17,20-21,31H,4-5,10-11H2,1H3,(H2,26,29)/t17?,20-,21-,24+/m0/s1. The van der Waals surface area contributed by atoms with Crippen LogP contribution in [0.1, 0.15) is 18.5 Å². The van der Waals surface area contributed by atoms with Gasteiger partial charge in [-0.2, -0.15) is 0 Å². The van der Waals surface area contributed by atoms with Gasteiger partial charge in [-0.3, -0.25) is 0 Å². The van der Waals surface area contributed by atoms with Crippen molar-refractivity contribution < 1.29 is 14.6 Å². The number of benzene rings is 1. The van der Waals surface area contributed by atoms with E-state index in [0.29, 0.717) is 12.4 Å². The molecule has 0 spiro atoms. The van der Waals surface area contributed by atoms with Crippen LogP contribution in [-0.2, 0) is 11.3 Å². The van der Waals surface area contributed by atoms with E-state index in [1.807, 2.05) is 48.0 Å². The second-order valence-corrected chi connectivity index (χ2v) is 9.92. The number of fused-ring (bicyclic) bond motifs is 3. The first-order chi connectivity index (χ1) is 15.9. The van der Waals surface area contributed by atoms with E-state index in [4.69, 9.17) is 15.2 Å². The highest BCUT2D eigenvalue weighted by Gasteiger charge is 2.55. The molecule has 0 radical (unpaired) electrons. The lowest BCUT2D eigenvalue weighted by atomic mass is 9.87. The van der Waals surface area contributed by atoms with Gasteiger partial charge in [-0.1, -0.05) is 0 Å². The van der Waals surface area contributed by atoms with Gasteiger partial charge in [0.1, 0.15) is 41.4 Å². The van der Waals surface area contributed by atoms with Gasteiger partial charge in [0.05, 0.1) is 28.8 Å². The summed E-state index contributed by atoms with van der Waals surface area (Å²) in [5.41, 5.74) is 7.51. The first-order valence-corrected chi connectivity index (χ1v) is 11.8. The van der Waals surface area contributed by atoms with Gasteiger partial charge in [0, 0.05) is 29.0 Å². The minimum absolute atomic E-state index is 0.00642. The van der Waals surface area contributed by atoms with Crippen LogP contribution in [0.5, 0.6) is 5.75 Å². The van der Waals surface area contributed by atoms with Crippen molar-refractivity contribution in [3.63, 3.8) is 0 Å². The van der Waals surface area contributed by atoms with Crippen LogP contribution in [0.4, 0.5) is 5.82 Å². The van der Waals surface area contributed by atoms with Crippen LogP contribution in [0.25, 0.3) is 21.9 Å². The molecule has 9 heteroatoms. The number of hydrogen-bond acceptors (Lipinski definition) is 7. The van der Waals surface area contributed by atoms with Gasteiger partial charge in [-0.05, 0) is 60.0 Å². The predicted molar refractivity (Wildman–Crippen MR) is 128 cm³/mol. The normalized spacial score (nSPS) is 26.8. The SMILES string of the molecule is Cc1ncnc2c1ccn2C[C@@]1(O)CO[C@H]2C1CC[C@@H]2Oc1ccc2cc(Br)c(N)nc2c1. The molecule has 0 bridgehead atoms. The molecule has 2 fully saturated rings. The van der Waals surface area contributed by atoms with Crippen molar-refractivity contribution in [1.82, 2.24) is 19.5 Å². The number of hydrogen-bond donors (Lipinski definition) is 2. The highest BCUT2D eigenvalue weighted by atomic mass is 79.9. The Balaban J connectivity index is 1.21. The first kappa shape index (κ1) is 20.8. The van der Waals surface area contributed by atoms with Crippen LogP contribution in [0.2, 0.25) is 0 Å². The minimum atomic E-state index is -0.973. The van der Waals surface area contributed by atoms with Gasteiger partial charge in [0.2, 0.25) is 0 Å². The number of rotatable bonds is 4. The van der Waals surface area contributed by atoms with Gasteiger partial charge in [-0.25, -0.2) is 15.0 Å². The van der Waals surface area contributed by atoms with E-state index >= 15 is 0 Å². The molecule has 1 unspecified atom stereocenters. The molecule has 4 heterocycles. The largest absolute Gasteiger partial charge is 0.488 e. The summed E-state index contributed by atoms with van der Waals surface area (Å²) in [6, 6.07) is 9.77. The van der Waals surface area contributed by atoms with Crippen molar-refractivity contribution in [2.24, 2.45) is 5.92 Å². The lowest BCUT2D eigenvalue weighted by Crippen LogP contribution is -2.42. The molecule has 6 rings (SSSR count). The number of nitrogen functional groups attached to an aromatic ring is 1. The smallest absolute Gasteiger partial charge is 0.143 e. The van der Waals surface area contributed by atoms with E-state index in [9.17, 15) is 5.11 Å². The molecule has 8 nitrogen and oxygen atoms in total. The Morgan fingerprint density at radius 3 is 3.03 bits per heavy atom. The Morgan fingerprint density at radius 2 is 2.15 bits per heavy atom. The van der Waals surface area contributed by atoms with Crippen LogP contribution < -0.4 is 10.5 Å². The molecule has 1 aromatic carbocycles. The van der Waals surface area contributed by atoms with E-state index in [0.717, 1.165) is 50.7 Å². The average molecular weight is 510 g/mol. The molecule has 3 aromatic heterocycles. The molecule has 4 aromatic rings. The Labute approximate surface area is 198 Å².